The Kier molecular flexibility index (Phi) is 6.23. The normalized spacial score (nSPS) is 12.9. The van der Waals surface area contributed by atoms with Gasteiger partial charge in [-0.05, 0) is 49.7 Å². The molecule has 0 saturated heterocycles. The number of halogens is 1. The molecule has 0 amide bonds. The van der Waals surface area contributed by atoms with Crippen molar-refractivity contribution in [2.75, 3.05) is 20.3 Å². The van der Waals surface area contributed by atoms with Gasteiger partial charge in [-0.25, -0.2) is 0 Å². The van der Waals surface area contributed by atoms with Gasteiger partial charge < -0.3 is 10.1 Å². The van der Waals surface area contributed by atoms with Gasteiger partial charge in [0.2, 0.25) is 0 Å². The summed E-state index contributed by atoms with van der Waals surface area (Å²) in [6.45, 7) is 13.6. The van der Waals surface area contributed by atoms with Gasteiger partial charge in [-0.1, -0.05) is 13.8 Å². The number of hydrogen-bond acceptors (Lipinski definition) is 3. The molecule has 116 valence electrons. The van der Waals surface area contributed by atoms with Gasteiger partial charge in [0.05, 0.1) is 29.5 Å². The van der Waals surface area contributed by atoms with Gasteiger partial charge in [-0.2, -0.15) is 5.10 Å². The molecule has 1 rings (SSSR count). The van der Waals surface area contributed by atoms with Crippen molar-refractivity contribution in [3.63, 3.8) is 0 Å². The molecule has 1 aromatic rings. The number of hydrogen-bond donors (Lipinski definition) is 1. The summed E-state index contributed by atoms with van der Waals surface area (Å²) in [7, 11) is 1.72. The lowest BCUT2D eigenvalue weighted by atomic mass is 9.85. The lowest BCUT2D eigenvalue weighted by Crippen LogP contribution is -2.39. The zero-order valence-electron chi connectivity index (χ0n) is 13.6. The molecule has 0 aliphatic rings. The SMILES string of the molecule is COCCn1ncc(Br)c1C(C)(C)CCNC(C)(C)C. The average molecular weight is 346 g/mol. The van der Waals surface area contributed by atoms with Gasteiger partial charge in [-0.3, -0.25) is 4.68 Å². The largest absolute Gasteiger partial charge is 0.383 e. The number of ether oxygens (including phenoxy) is 1. The molecule has 0 aromatic carbocycles. The van der Waals surface area contributed by atoms with E-state index >= 15 is 0 Å². The van der Waals surface area contributed by atoms with Crippen molar-refractivity contribution in [3.8, 4) is 0 Å². The van der Waals surface area contributed by atoms with Crippen LogP contribution in [0, 0.1) is 0 Å². The Hall–Kier alpha value is -0.390. The Balaban J connectivity index is 2.77. The van der Waals surface area contributed by atoms with Crippen molar-refractivity contribution in [2.24, 2.45) is 0 Å². The third kappa shape index (κ3) is 5.19. The summed E-state index contributed by atoms with van der Waals surface area (Å²) in [6.07, 6.45) is 2.94. The van der Waals surface area contributed by atoms with E-state index in [4.69, 9.17) is 4.74 Å². The molecule has 1 N–H and O–H groups in total. The van der Waals surface area contributed by atoms with E-state index in [1.165, 1.54) is 5.69 Å². The van der Waals surface area contributed by atoms with E-state index in [1.54, 1.807) is 7.11 Å². The molecular weight excluding hydrogens is 318 g/mol. The van der Waals surface area contributed by atoms with Gasteiger partial charge in [0.15, 0.2) is 0 Å². The second-order valence-corrected chi connectivity index (χ2v) is 7.72. The highest BCUT2D eigenvalue weighted by Crippen LogP contribution is 2.32. The Labute approximate surface area is 131 Å². The quantitative estimate of drug-likeness (QED) is 0.823. The summed E-state index contributed by atoms with van der Waals surface area (Å²) >= 11 is 3.63. The van der Waals surface area contributed by atoms with Crippen LogP contribution in [0.3, 0.4) is 0 Å². The topological polar surface area (TPSA) is 39.1 Å². The number of aromatic nitrogens is 2. The predicted molar refractivity (Wildman–Crippen MR) is 87.2 cm³/mol. The van der Waals surface area contributed by atoms with Crippen molar-refractivity contribution in [1.82, 2.24) is 15.1 Å². The second kappa shape index (κ2) is 7.05. The van der Waals surface area contributed by atoms with Crippen LogP contribution in [0.2, 0.25) is 0 Å². The summed E-state index contributed by atoms with van der Waals surface area (Å²) in [4.78, 5) is 0. The van der Waals surface area contributed by atoms with Crippen molar-refractivity contribution < 1.29 is 4.74 Å². The standard InChI is InChI=1S/C15H28BrN3O/c1-14(2,3)17-8-7-15(4,5)13-12(16)11-18-19(13)9-10-20-6/h11,17H,7-10H2,1-6H3. The minimum atomic E-state index is 0.0569. The average Bonchev–Trinajstić information content (AvgIpc) is 2.66. The first kappa shape index (κ1) is 17.7. The molecule has 20 heavy (non-hydrogen) atoms. The smallest absolute Gasteiger partial charge is 0.0659 e. The van der Waals surface area contributed by atoms with Gasteiger partial charge in [0, 0.05) is 18.1 Å². The highest BCUT2D eigenvalue weighted by Gasteiger charge is 2.28. The lowest BCUT2D eigenvalue weighted by molar-refractivity contribution is 0.180. The van der Waals surface area contributed by atoms with Crippen molar-refractivity contribution >= 4 is 15.9 Å². The monoisotopic (exact) mass is 345 g/mol. The first-order chi connectivity index (χ1) is 9.17. The first-order valence-electron chi connectivity index (χ1n) is 7.13. The van der Waals surface area contributed by atoms with Crippen LogP contribution in [0.1, 0.15) is 46.7 Å². The van der Waals surface area contributed by atoms with Gasteiger partial charge in [0.1, 0.15) is 0 Å². The second-order valence-electron chi connectivity index (χ2n) is 6.87. The molecule has 0 aliphatic heterocycles. The van der Waals surface area contributed by atoms with E-state index in [0.29, 0.717) is 6.61 Å². The van der Waals surface area contributed by atoms with E-state index in [9.17, 15) is 0 Å². The van der Waals surface area contributed by atoms with Gasteiger partial charge in [-0.15, -0.1) is 0 Å². The van der Waals surface area contributed by atoms with Crippen LogP contribution < -0.4 is 5.32 Å². The van der Waals surface area contributed by atoms with E-state index in [1.807, 2.05) is 10.9 Å². The maximum absolute atomic E-state index is 5.16. The van der Waals surface area contributed by atoms with E-state index in [2.05, 4.69) is 61.0 Å². The highest BCUT2D eigenvalue weighted by molar-refractivity contribution is 9.10. The maximum Gasteiger partial charge on any atom is 0.0659 e. The van der Waals surface area contributed by atoms with Crippen LogP contribution in [-0.4, -0.2) is 35.6 Å². The van der Waals surface area contributed by atoms with Gasteiger partial charge in [0.25, 0.3) is 0 Å². The molecule has 0 unspecified atom stereocenters. The highest BCUT2D eigenvalue weighted by atomic mass is 79.9. The summed E-state index contributed by atoms with van der Waals surface area (Å²) in [5, 5.41) is 8.00. The molecule has 0 bridgehead atoms. The molecule has 0 fully saturated rings. The summed E-state index contributed by atoms with van der Waals surface area (Å²) < 4.78 is 8.28. The Morgan fingerprint density at radius 3 is 2.50 bits per heavy atom. The number of nitrogens with one attached hydrogen (secondary N) is 1. The molecule has 0 spiro atoms. The molecule has 4 nitrogen and oxygen atoms in total. The van der Waals surface area contributed by atoms with E-state index < -0.39 is 0 Å². The molecule has 1 aromatic heterocycles. The zero-order valence-corrected chi connectivity index (χ0v) is 15.2. The summed E-state index contributed by atoms with van der Waals surface area (Å²) in [5.74, 6) is 0. The molecule has 5 heteroatoms. The molecule has 0 radical (unpaired) electrons. The van der Waals surface area contributed by atoms with Crippen LogP contribution in [0.25, 0.3) is 0 Å². The minimum Gasteiger partial charge on any atom is -0.383 e. The lowest BCUT2D eigenvalue weighted by Gasteiger charge is -2.29. The van der Waals surface area contributed by atoms with Crippen molar-refractivity contribution in [3.05, 3.63) is 16.4 Å². The van der Waals surface area contributed by atoms with Crippen molar-refractivity contribution in [1.29, 1.82) is 0 Å². The van der Waals surface area contributed by atoms with E-state index in [-0.39, 0.29) is 11.0 Å². The Bertz CT molecular complexity index is 421. The summed E-state index contributed by atoms with van der Waals surface area (Å²) in [5.41, 5.74) is 1.45. The number of nitrogens with zero attached hydrogens (tertiary/aromatic N) is 2. The van der Waals surface area contributed by atoms with Crippen LogP contribution in [0.5, 0.6) is 0 Å². The molecule has 0 atom stereocenters. The third-order valence-corrected chi connectivity index (χ3v) is 3.93. The minimum absolute atomic E-state index is 0.0569. The molecular formula is C15H28BrN3O. The Morgan fingerprint density at radius 2 is 1.95 bits per heavy atom. The number of methoxy groups -OCH3 is 1. The number of rotatable bonds is 7. The fourth-order valence-electron chi connectivity index (χ4n) is 2.25. The molecule has 1 heterocycles. The van der Waals surface area contributed by atoms with Crippen LogP contribution in [-0.2, 0) is 16.7 Å². The van der Waals surface area contributed by atoms with E-state index in [0.717, 1.165) is 24.0 Å². The maximum atomic E-state index is 5.16. The van der Waals surface area contributed by atoms with Crippen LogP contribution >= 0.6 is 15.9 Å². The van der Waals surface area contributed by atoms with Crippen molar-refractivity contribution in [2.45, 2.75) is 58.5 Å². The molecule has 0 saturated carbocycles. The summed E-state index contributed by atoms with van der Waals surface area (Å²) in [6, 6.07) is 0. The van der Waals surface area contributed by atoms with Crippen LogP contribution in [0.4, 0.5) is 0 Å². The molecule has 0 aliphatic carbocycles. The first-order valence-corrected chi connectivity index (χ1v) is 7.92. The third-order valence-electron chi connectivity index (χ3n) is 3.35. The fourth-order valence-corrected chi connectivity index (χ4v) is 3.08. The van der Waals surface area contributed by atoms with Gasteiger partial charge >= 0.3 is 0 Å². The fraction of sp³-hybridized carbons (Fsp3) is 0.800. The predicted octanol–water partition coefficient (Wildman–Crippen LogP) is 3.35. The zero-order chi connectivity index (χ0) is 15.4. The Morgan fingerprint density at radius 1 is 1.30 bits per heavy atom. The van der Waals surface area contributed by atoms with Crippen LogP contribution in [0.15, 0.2) is 10.7 Å².